The van der Waals surface area contributed by atoms with Crippen LogP contribution in [0.4, 0.5) is 0 Å². The maximum Gasteiger partial charge on any atom is 0.133 e. The summed E-state index contributed by atoms with van der Waals surface area (Å²) in [5, 5.41) is 10.4. The van der Waals surface area contributed by atoms with Crippen molar-refractivity contribution >= 4 is 23.4 Å². The van der Waals surface area contributed by atoms with Crippen molar-refractivity contribution in [1.82, 2.24) is 4.90 Å². The first-order valence-electron chi connectivity index (χ1n) is 7.65. The fourth-order valence-corrected chi connectivity index (χ4v) is 3.70. The van der Waals surface area contributed by atoms with E-state index in [4.69, 9.17) is 22.1 Å². The van der Waals surface area contributed by atoms with Crippen LogP contribution in [0.15, 0.2) is 17.0 Å². The number of halogens is 1. The first kappa shape index (κ1) is 17.9. The second-order valence-corrected chi connectivity index (χ2v) is 6.93. The normalized spacial score (nSPS) is 18.4. The van der Waals surface area contributed by atoms with Crippen LogP contribution in [0, 0.1) is 6.92 Å². The highest BCUT2D eigenvalue weighted by Gasteiger charge is 2.23. The fourth-order valence-electron chi connectivity index (χ4n) is 2.75. The second kappa shape index (κ2) is 8.41. The van der Waals surface area contributed by atoms with Crippen LogP contribution in [-0.2, 0) is 0 Å². The van der Waals surface area contributed by atoms with Crippen LogP contribution >= 0.6 is 23.4 Å². The summed E-state index contributed by atoms with van der Waals surface area (Å²) >= 11 is 7.85. The van der Waals surface area contributed by atoms with Gasteiger partial charge in [0.2, 0.25) is 0 Å². The average molecular weight is 345 g/mol. The summed E-state index contributed by atoms with van der Waals surface area (Å²) < 4.78 is 6.20. The summed E-state index contributed by atoms with van der Waals surface area (Å²) in [6.07, 6.45) is 3.76. The van der Waals surface area contributed by atoms with E-state index < -0.39 is 6.10 Å². The van der Waals surface area contributed by atoms with Gasteiger partial charge in [-0.25, -0.2) is 0 Å². The van der Waals surface area contributed by atoms with E-state index in [9.17, 15) is 5.11 Å². The van der Waals surface area contributed by atoms with Gasteiger partial charge < -0.3 is 20.5 Å². The monoisotopic (exact) mass is 344 g/mol. The van der Waals surface area contributed by atoms with Crippen molar-refractivity contribution in [3.05, 3.63) is 22.7 Å². The lowest BCUT2D eigenvalue weighted by Gasteiger charge is -2.33. The number of ether oxygens (including phenoxy) is 1. The Morgan fingerprint density at radius 2 is 2.14 bits per heavy atom. The molecule has 1 fully saturated rings. The Morgan fingerprint density at radius 3 is 2.73 bits per heavy atom. The van der Waals surface area contributed by atoms with Gasteiger partial charge in [-0.3, -0.25) is 0 Å². The summed E-state index contributed by atoms with van der Waals surface area (Å²) in [6.45, 7) is 4.86. The molecule has 1 aromatic carbocycles. The third-order valence-corrected chi connectivity index (χ3v) is 5.40. The predicted octanol–water partition coefficient (Wildman–Crippen LogP) is 2.53. The Bertz CT molecular complexity index is 493. The van der Waals surface area contributed by atoms with Gasteiger partial charge in [-0.2, -0.15) is 0 Å². The highest BCUT2D eigenvalue weighted by molar-refractivity contribution is 7.98. The molecule has 6 heteroatoms. The molecule has 0 spiro atoms. The number of β-amino-alcohol motifs (C(OH)–C–C–N with tert-alkyl or cyclic N) is 1. The van der Waals surface area contributed by atoms with Gasteiger partial charge in [0.25, 0.3) is 0 Å². The van der Waals surface area contributed by atoms with E-state index in [1.807, 2.05) is 25.3 Å². The molecule has 0 saturated carbocycles. The Morgan fingerprint density at radius 1 is 1.45 bits per heavy atom. The number of nitrogens with zero attached hydrogens (tertiary/aromatic N) is 1. The predicted molar refractivity (Wildman–Crippen MR) is 93.1 cm³/mol. The van der Waals surface area contributed by atoms with Gasteiger partial charge in [-0.05, 0) is 43.7 Å². The molecule has 1 aromatic rings. The number of benzene rings is 1. The standard InChI is InChI=1S/C16H25ClN2O2S/c1-11-14(17)3-4-15(16(11)22-2)21-13-5-7-19(8-6-13)10-12(20)9-18/h3-4,12-13,20H,5-10,18H2,1-2H3. The molecular formula is C16H25ClN2O2S. The first-order valence-corrected chi connectivity index (χ1v) is 9.25. The number of aliphatic hydroxyl groups is 1. The largest absolute Gasteiger partial charge is 0.489 e. The highest BCUT2D eigenvalue weighted by Crippen LogP contribution is 2.36. The molecule has 1 aliphatic heterocycles. The van der Waals surface area contributed by atoms with Crippen LogP contribution in [0.1, 0.15) is 18.4 Å². The third-order valence-electron chi connectivity index (χ3n) is 4.08. The Kier molecular flexibility index (Phi) is 6.84. The number of nitrogens with two attached hydrogens (primary N) is 1. The molecule has 1 aliphatic rings. The molecule has 124 valence electrons. The summed E-state index contributed by atoms with van der Waals surface area (Å²) in [5.74, 6) is 0.926. The van der Waals surface area contributed by atoms with E-state index in [1.165, 1.54) is 0 Å². The molecule has 3 N–H and O–H groups in total. The van der Waals surface area contributed by atoms with Crippen LogP contribution in [0.25, 0.3) is 0 Å². The van der Waals surface area contributed by atoms with Gasteiger partial charge >= 0.3 is 0 Å². The SMILES string of the molecule is CSc1c(OC2CCN(CC(O)CN)CC2)ccc(Cl)c1C. The highest BCUT2D eigenvalue weighted by atomic mass is 35.5. The van der Waals surface area contributed by atoms with Crippen LogP contribution in [0.2, 0.25) is 5.02 Å². The Hall–Kier alpha value is -0.460. The molecule has 1 saturated heterocycles. The fraction of sp³-hybridized carbons (Fsp3) is 0.625. The zero-order valence-corrected chi connectivity index (χ0v) is 14.8. The Labute approximate surface area is 142 Å². The lowest BCUT2D eigenvalue weighted by Crippen LogP contribution is -2.43. The molecule has 0 aliphatic carbocycles. The van der Waals surface area contributed by atoms with E-state index in [-0.39, 0.29) is 6.10 Å². The maximum absolute atomic E-state index is 9.62. The van der Waals surface area contributed by atoms with Crippen LogP contribution < -0.4 is 10.5 Å². The lowest BCUT2D eigenvalue weighted by molar-refractivity contribution is 0.0630. The van der Waals surface area contributed by atoms with Crippen molar-refractivity contribution in [3.8, 4) is 5.75 Å². The Balaban J connectivity index is 1.92. The zero-order valence-electron chi connectivity index (χ0n) is 13.2. The zero-order chi connectivity index (χ0) is 16.1. The summed E-state index contributed by atoms with van der Waals surface area (Å²) in [5.41, 5.74) is 6.54. The molecule has 22 heavy (non-hydrogen) atoms. The van der Waals surface area contributed by atoms with Crippen molar-refractivity contribution in [2.45, 2.75) is 36.9 Å². The molecule has 0 bridgehead atoms. The van der Waals surface area contributed by atoms with Gasteiger partial charge in [0.15, 0.2) is 0 Å². The van der Waals surface area contributed by atoms with Gasteiger partial charge in [0.1, 0.15) is 11.9 Å². The number of rotatable bonds is 6. The van der Waals surface area contributed by atoms with Crippen LogP contribution in [-0.4, -0.2) is 54.6 Å². The smallest absolute Gasteiger partial charge is 0.133 e. The van der Waals surface area contributed by atoms with Gasteiger partial charge in [-0.15, -0.1) is 11.8 Å². The van der Waals surface area contributed by atoms with E-state index in [0.717, 1.165) is 47.2 Å². The minimum Gasteiger partial charge on any atom is -0.489 e. The summed E-state index contributed by atoms with van der Waals surface area (Å²) in [6, 6.07) is 3.87. The van der Waals surface area contributed by atoms with Crippen LogP contribution in [0.3, 0.4) is 0 Å². The van der Waals surface area contributed by atoms with Crippen molar-refractivity contribution in [3.63, 3.8) is 0 Å². The second-order valence-electron chi connectivity index (χ2n) is 5.71. The van der Waals surface area contributed by atoms with E-state index in [1.54, 1.807) is 11.8 Å². The van der Waals surface area contributed by atoms with Crippen molar-refractivity contribution in [2.24, 2.45) is 5.73 Å². The minimum atomic E-state index is -0.431. The van der Waals surface area contributed by atoms with E-state index in [2.05, 4.69) is 4.90 Å². The van der Waals surface area contributed by atoms with Gasteiger partial charge in [0, 0.05) is 31.2 Å². The molecule has 2 rings (SSSR count). The molecule has 0 radical (unpaired) electrons. The summed E-state index contributed by atoms with van der Waals surface area (Å²) in [7, 11) is 0. The molecule has 1 heterocycles. The number of hydrogen-bond donors (Lipinski definition) is 2. The molecule has 0 aromatic heterocycles. The number of piperidine rings is 1. The molecule has 1 unspecified atom stereocenters. The van der Waals surface area contributed by atoms with Gasteiger partial charge in [-0.1, -0.05) is 11.6 Å². The average Bonchev–Trinajstić information content (AvgIpc) is 2.53. The number of hydrogen-bond acceptors (Lipinski definition) is 5. The maximum atomic E-state index is 9.62. The van der Waals surface area contributed by atoms with Crippen LogP contribution in [0.5, 0.6) is 5.75 Å². The molecular weight excluding hydrogens is 320 g/mol. The minimum absolute atomic E-state index is 0.220. The first-order chi connectivity index (χ1) is 10.5. The van der Waals surface area contributed by atoms with Gasteiger partial charge in [0.05, 0.1) is 11.0 Å². The van der Waals surface area contributed by atoms with Crippen molar-refractivity contribution in [2.75, 3.05) is 32.4 Å². The lowest BCUT2D eigenvalue weighted by atomic mass is 10.1. The van der Waals surface area contributed by atoms with Crippen molar-refractivity contribution in [1.29, 1.82) is 0 Å². The molecule has 0 amide bonds. The topological polar surface area (TPSA) is 58.7 Å². The quantitative estimate of drug-likeness (QED) is 0.777. The summed E-state index contributed by atoms with van der Waals surface area (Å²) in [4.78, 5) is 3.37. The molecule has 4 nitrogen and oxygen atoms in total. The number of aliphatic hydroxyl groups excluding tert-OH is 1. The number of likely N-dealkylation sites (tertiary alicyclic amines) is 1. The van der Waals surface area contributed by atoms with E-state index in [0.29, 0.717) is 13.1 Å². The third kappa shape index (κ3) is 4.52. The van der Waals surface area contributed by atoms with E-state index >= 15 is 0 Å². The molecule has 1 atom stereocenters. The van der Waals surface area contributed by atoms with Crippen molar-refractivity contribution < 1.29 is 9.84 Å². The number of thioether (sulfide) groups is 1.